The Kier molecular flexibility index (Phi) is 6.54. The molecule has 0 amide bonds. The van der Waals surface area contributed by atoms with Crippen LogP contribution in [0.15, 0.2) is 18.2 Å². The maximum Gasteiger partial charge on any atom is 0.161 e. The summed E-state index contributed by atoms with van der Waals surface area (Å²) in [5.74, 6) is 1.55. The van der Waals surface area contributed by atoms with E-state index in [1.54, 1.807) is 0 Å². The van der Waals surface area contributed by atoms with Gasteiger partial charge in [0.15, 0.2) is 11.5 Å². The molecule has 4 nitrogen and oxygen atoms in total. The molecule has 1 aromatic carbocycles. The van der Waals surface area contributed by atoms with Crippen LogP contribution in [0.2, 0.25) is 0 Å². The lowest BCUT2D eigenvalue weighted by atomic mass is 10.2. The molecule has 0 fully saturated rings. The van der Waals surface area contributed by atoms with Crippen molar-refractivity contribution in [1.29, 1.82) is 0 Å². The van der Waals surface area contributed by atoms with E-state index in [9.17, 15) is 0 Å². The molecule has 0 aliphatic heterocycles. The molecular formula is C14H23NO3. The largest absolute Gasteiger partial charge is 0.490 e. The molecule has 102 valence electrons. The number of hydrogen-bond donors (Lipinski definition) is 2. The van der Waals surface area contributed by atoms with Crippen LogP contribution in [-0.2, 0) is 6.54 Å². The Labute approximate surface area is 109 Å². The smallest absolute Gasteiger partial charge is 0.161 e. The molecule has 1 unspecified atom stereocenters. The topological polar surface area (TPSA) is 50.7 Å². The summed E-state index contributed by atoms with van der Waals surface area (Å²) in [6.07, 6.45) is 0. The van der Waals surface area contributed by atoms with Gasteiger partial charge >= 0.3 is 0 Å². The van der Waals surface area contributed by atoms with Gasteiger partial charge in [0, 0.05) is 12.6 Å². The van der Waals surface area contributed by atoms with Gasteiger partial charge in [-0.15, -0.1) is 0 Å². The molecule has 0 aliphatic carbocycles. The van der Waals surface area contributed by atoms with Crippen molar-refractivity contribution in [1.82, 2.24) is 5.32 Å². The zero-order valence-corrected chi connectivity index (χ0v) is 11.4. The number of nitrogens with one attached hydrogen (secondary N) is 1. The summed E-state index contributed by atoms with van der Waals surface area (Å²) in [4.78, 5) is 0. The van der Waals surface area contributed by atoms with E-state index in [1.165, 1.54) is 0 Å². The first-order valence-corrected chi connectivity index (χ1v) is 6.44. The minimum absolute atomic E-state index is 0.0899. The molecule has 4 heteroatoms. The number of hydrogen-bond acceptors (Lipinski definition) is 4. The maximum atomic E-state index is 8.96. The molecule has 0 heterocycles. The Morgan fingerprint density at radius 2 is 1.83 bits per heavy atom. The summed E-state index contributed by atoms with van der Waals surface area (Å²) in [6, 6.07) is 6.00. The molecule has 1 atom stereocenters. The van der Waals surface area contributed by atoms with Crippen LogP contribution in [0.4, 0.5) is 0 Å². The van der Waals surface area contributed by atoms with Crippen LogP contribution in [0.25, 0.3) is 0 Å². The monoisotopic (exact) mass is 253 g/mol. The summed E-state index contributed by atoms with van der Waals surface area (Å²) >= 11 is 0. The van der Waals surface area contributed by atoms with Gasteiger partial charge in [0.2, 0.25) is 0 Å². The van der Waals surface area contributed by atoms with E-state index in [4.69, 9.17) is 14.6 Å². The summed E-state index contributed by atoms with van der Waals surface area (Å²) in [7, 11) is 0. The molecule has 0 radical (unpaired) electrons. The third-order valence-electron chi connectivity index (χ3n) is 2.54. The molecule has 0 bridgehead atoms. The molecule has 1 aromatic rings. The quantitative estimate of drug-likeness (QED) is 0.743. The van der Waals surface area contributed by atoms with Crippen LogP contribution in [0, 0.1) is 0 Å². The van der Waals surface area contributed by atoms with Crippen LogP contribution < -0.4 is 14.8 Å². The van der Waals surface area contributed by atoms with Gasteiger partial charge in [-0.05, 0) is 38.5 Å². The third-order valence-corrected chi connectivity index (χ3v) is 2.54. The zero-order chi connectivity index (χ0) is 13.4. The van der Waals surface area contributed by atoms with Gasteiger partial charge in [-0.1, -0.05) is 6.07 Å². The molecule has 0 aromatic heterocycles. The normalized spacial score (nSPS) is 12.2. The number of aliphatic hydroxyl groups is 1. The number of ether oxygens (including phenoxy) is 2. The fraction of sp³-hybridized carbons (Fsp3) is 0.571. The van der Waals surface area contributed by atoms with E-state index in [1.807, 2.05) is 39.0 Å². The fourth-order valence-electron chi connectivity index (χ4n) is 1.56. The van der Waals surface area contributed by atoms with Crippen LogP contribution >= 0.6 is 0 Å². The molecule has 2 N–H and O–H groups in total. The summed E-state index contributed by atoms with van der Waals surface area (Å²) in [6.45, 7) is 7.92. The zero-order valence-electron chi connectivity index (χ0n) is 11.4. The van der Waals surface area contributed by atoms with E-state index in [0.717, 1.165) is 17.1 Å². The number of aliphatic hydroxyl groups excluding tert-OH is 1. The van der Waals surface area contributed by atoms with Gasteiger partial charge in [0.1, 0.15) is 0 Å². The van der Waals surface area contributed by atoms with Crippen molar-refractivity contribution in [3.63, 3.8) is 0 Å². The van der Waals surface area contributed by atoms with Crippen molar-refractivity contribution < 1.29 is 14.6 Å². The second-order valence-corrected chi connectivity index (χ2v) is 4.11. The van der Waals surface area contributed by atoms with Crippen LogP contribution in [-0.4, -0.2) is 31.0 Å². The van der Waals surface area contributed by atoms with Crippen molar-refractivity contribution in [3.8, 4) is 11.5 Å². The Hall–Kier alpha value is -1.26. The van der Waals surface area contributed by atoms with E-state index < -0.39 is 0 Å². The van der Waals surface area contributed by atoms with E-state index >= 15 is 0 Å². The van der Waals surface area contributed by atoms with Crippen molar-refractivity contribution in [2.45, 2.75) is 33.4 Å². The first-order chi connectivity index (χ1) is 8.71. The highest BCUT2D eigenvalue weighted by Crippen LogP contribution is 2.28. The van der Waals surface area contributed by atoms with Crippen molar-refractivity contribution >= 4 is 0 Å². The number of rotatable bonds is 8. The Bertz CT molecular complexity index is 355. The first kappa shape index (κ1) is 14.8. The predicted molar refractivity (Wildman–Crippen MR) is 72.2 cm³/mol. The van der Waals surface area contributed by atoms with Crippen molar-refractivity contribution in [3.05, 3.63) is 23.8 Å². The third kappa shape index (κ3) is 4.55. The van der Waals surface area contributed by atoms with E-state index in [2.05, 4.69) is 5.32 Å². The Morgan fingerprint density at radius 3 is 2.44 bits per heavy atom. The standard InChI is InChI=1S/C14H23NO3/c1-4-17-13-7-6-12(8-14(13)18-5-2)9-15-11(3)10-16/h6-8,11,15-16H,4-5,9-10H2,1-3H3. The molecule has 0 saturated heterocycles. The van der Waals surface area contributed by atoms with Gasteiger partial charge in [0.05, 0.1) is 19.8 Å². The van der Waals surface area contributed by atoms with Gasteiger partial charge in [0.25, 0.3) is 0 Å². The SMILES string of the molecule is CCOc1ccc(CNC(C)CO)cc1OCC. The van der Waals surface area contributed by atoms with Gasteiger partial charge in [-0.25, -0.2) is 0 Å². The van der Waals surface area contributed by atoms with Crippen LogP contribution in [0.3, 0.4) is 0 Å². The van der Waals surface area contributed by atoms with Gasteiger partial charge < -0.3 is 19.9 Å². The highest BCUT2D eigenvalue weighted by atomic mass is 16.5. The molecule has 0 saturated carbocycles. The Balaban J connectivity index is 2.72. The summed E-state index contributed by atoms with van der Waals surface area (Å²) in [5, 5.41) is 12.2. The van der Waals surface area contributed by atoms with Crippen molar-refractivity contribution in [2.24, 2.45) is 0 Å². The molecule has 0 spiro atoms. The van der Waals surface area contributed by atoms with Crippen LogP contribution in [0.1, 0.15) is 26.3 Å². The average molecular weight is 253 g/mol. The lowest BCUT2D eigenvalue weighted by Gasteiger charge is -2.14. The minimum atomic E-state index is 0.0899. The second-order valence-electron chi connectivity index (χ2n) is 4.11. The van der Waals surface area contributed by atoms with Gasteiger partial charge in [-0.2, -0.15) is 0 Å². The van der Waals surface area contributed by atoms with E-state index in [0.29, 0.717) is 19.8 Å². The minimum Gasteiger partial charge on any atom is -0.490 e. The average Bonchev–Trinajstić information content (AvgIpc) is 2.39. The lowest BCUT2D eigenvalue weighted by Crippen LogP contribution is -2.28. The molecular weight excluding hydrogens is 230 g/mol. The predicted octanol–water partition coefficient (Wildman–Crippen LogP) is 1.95. The van der Waals surface area contributed by atoms with Crippen molar-refractivity contribution in [2.75, 3.05) is 19.8 Å². The van der Waals surface area contributed by atoms with Gasteiger partial charge in [-0.3, -0.25) is 0 Å². The van der Waals surface area contributed by atoms with Crippen LogP contribution in [0.5, 0.6) is 11.5 Å². The Morgan fingerprint density at radius 1 is 1.17 bits per heavy atom. The number of benzene rings is 1. The first-order valence-electron chi connectivity index (χ1n) is 6.44. The summed E-state index contributed by atoms with van der Waals surface area (Å²) in [5.41, 5.74) is 1.11. The highest BCUT2D eigenvalue weighted by Gasteiger charge is 2.06. The maximum absolute atomic E-state index is 8.96. The summed E-state index contributed by atoms with van der Waals surface area (Å²) < 4.78 is 11.1. The second kappa shape index (κ2) is 7.95. The van der Waals surface area contributed by atoms with E-state index in [-0.39, 0.29) is 12.6 Å². The highest BCUT2D eigenvalue weighted by molar-refractivity contribution is 5.43. The molecule has 1 rings (SSSR count). The molecule has 18 heavy (non-hydrogen) atoms. The fourth-order valence-corrected chi connectivity index (χ4v) is 1.56. The lowest BCUT2D eigenvalue weighted by molar-refractivity contribution is 0.251. The molecule has 0 aliphatic rings.